The number of rotatable bonds is 5. The number of anilines is 3. The van der Waals surface area contributed by atoms with Crippen LogP contribution in [0.1, 0.15) is 34.8 Å². The van der Waals surface area contributed by atoms with Gasteiger partial charge in [-0.05, 0) is 31.5 Å². The summed E-state index contributed by atoms with van der Waals surface area (Å²) in [6, 6.07) is 4.83. The Labute approximate surface area is 231 Å². The molecule has 3 aliphatic rings. The van der Waals surface area contributed by atoms with Crippen molar-refractivity contribution >= 4 is 40.7 Å². The molecule has 40 heavy (non-hydrogen) atoms. The van der Waals surface area contributed by atoms with E-state index < -0.39 is 45.9 Å². The number of hydrogen-bond acceptors (Lipinski definition) is 6. The molecule has 3 N–H and O–H groups in total. The van der Waals surface area contributed by atoms with Crippen molar-refractivity contribution in [1.29, 1.82) is 0 Å². The quantitative estimate of drug-likeness (QED) is 0.352. The summed E-state index contributed by atoms with van der Waals surface area (Å²) in [6.45, 7) is 1.73. The number of alkyl halides is 1. The van der Waals surface area contributed by atoms with E-state index in [1.807, 2.05) is 0 Å². The zero-order chi connectivity index (χ0) is 28.5. The highest BCUT2D eigenvalue weighted by atomic mass is 35.5. The lowest BCUT2D eigenvalue weighted by Gasteiger charge is -2.43. The number of nitrogens with zero attached hydrogens (tertiary/aromatic N) is 4. The van der Waals surface area contributed by atoms with E-state index in [1.54, 1.807) is 0 Å². The highest BCUT2D eigenvalue weighted by Crippen LogP contribution is 2.45. The van der Waals surface area contributed by atoms with E-state index in [9.17, 15) is 18.4 Å². The van der Waals surface area contributed by atoms with Gasteiger partial charge >= 0.3 is 0 Å². The van der Waals surface area contributed by atoms with Crippen LogP contribution in [0.3, 0.4) is 0 Å². The molecule has 0 radical (unpaired) electrons. The average Bonchev–Trinajstić information content (AvgIpc) is 3.64. The van der Waals surface area contributed by atoms with Gasteiger partial charge < -0.3 is 16.0 Å². The standard InChI is InChI=1S/C27H23ClF4N6O2/c1-27(16-3-4-17(29)21(28)22(16)31)11-38(19-5-2-12(33)7-34-19)26(40)15-8-35-24(23(32)20(15)27)36-13-9-37(10-13)25(39)14-6-18(14)30/h2-5,7-8,13-14,18H,6,9-11,33H2,1H3,(H,35,36)/t14-,18+,27-/m1/s1. The molecule has 3 aromatic rings. The molecule has 0 spiro atoms. The van der Waals surface area contributed by atoms with Crippen LogP contribution in [0, 0.1) is 23.4 Å². The van der Waals surface area contributed by atoms with E-state index in [0.29, 0.717) is 5.69 Å². The number of nitrogens with one attached hydrogen (secondary N) is 1. The van der Waals surface area contributed by atoms with Gasteiger partial charge in [-0.2, -0.15) is 0 Å². The second kappa shape index (κ2) is 9.33. The molecule has 208 valence electrons. The van der Waals surface area contributed by atoms with Crippen LogP contribution >= 0.6 is 11.6 Å². The molecule has 1 saturated carbocycles. The van der Waals surface area contributed by atoms with Gasteiger partial charge in [-0.3, -0.25) is 14.5 Å². The molecule has 8 nitrogen and oxygen atoms in total. The molecular formula is C27H23ClF4N6O2. The minimum Gasteiger partial charge on any atom is -0.397 e. The second-order valence-corrected chi connectivity index (χ2v) is 10.9. The Morgan fingerprint density at radius 2 is 1.85 bits per heavy atom. The lowest BCUT2D eigenvalue weighted by atomic mass is 9.71. The Kier molecular flexibility index (Phi) is 6.13. The molecule has 13 heteroatoms. The molecule has 2 amide bonds. The molecule has 2 aliphatic heterocycles. The van der Waals surface area contributed by atoms with Crippen molar-refractivity contribution in [2.45, 2.75) is 31.0 Å². The first kappa shape index (κ1) is 26.3. The maximum atomic E-state index is 16.3. The first-order chi connectivity index (χ1) is 19.0. The summed E-state index contributed by atoms with van der Waals surface area (Å²) >= 11 is 5.90. The van der Waals surface area contributed by atoms with Crippen molar-refractivity contribution in [3.63, 3.8) is 0 Å². The summed E-state index contributed by atoms with van der Waals surface area (Å²) in [4.78, 5) is 36.9. The maximum Gasteiger partial charge on any atom is 0.261 e. The van der Waals surface area contributed by atoms with Gasteiger partial charge in [-0.15, -0.1) is 0 Å². The van der Waals surface area contributed by atoms with E-state index in [-0.39, 0.29) is 66.3 Å². The first-order valence-corrected chi connectivity index (χ1v) is 12.9. The van der Waals surface area contributed by atoms with E-state index in [0.717, 1.165) is 6.07 Å². The Morgan fingerprint density at radius 1 is 1.12 bits per heavy atom. The summed E-state index contributed by atoms with van der Waals surface area (Å²) in [5.74, 6) is -4.47. The van der Waals surface area contributed by atoms with Crippen LogP contribution in [-0.2, 0) is 10.2 Å². The molecule has 2 aromatic heterocycles. The Hall–Kier alpha value is -3.93. The number of nitrogen functional groups attached to an aromatic ring is 1. The van der Waals surface area contributed by atoms with Crippen LogP contribution in [0.2, 0.25) is 5.02 Å². The third kappa shape index (κ3) is 4.12. The fraction of sp³-hybridized carbons (Fsp3) is 0.333. The van der Waals surface area contributed by atoms with Crippen molar-refractivity contribution in [3.8, 4) is 0 Å². The van der Waals surface area contributed by atoms with Gasteiger partial charge in [0.1, 0.15) is 28.6 Å². The Balaban J connectivity index is 1.39. The zero-order valence-corrected chi connectivity index (χ0v) is 21.9. The number of carbonyl (C=O) groups excluding carboxylic acids is 2. The molecule has 2 fully saturated rings. The molecule has 0 bridgehead atoms. The van der Waals surface area contributed by atoms with Crippen molar-refractivity contribution in [3.05, 3.63) is 75.8 Å². The van der Waals surface area contributed by atoms with Gasteiger partial charge in [0.25, 0.3) is 5.91 Å². The largest absolute Gasteiger partial charge is 0.397 e. The van der Waals surface area contributed by atoms with Crippen molar-refractivity contribution in [1.82, 2.24) is 14.9 Å². The molecular weight excluding hydrogens is 552 g/mol. The zero-order valence-electron chi connectivity index (χ0n) is 21.1. The van der Waals surface area contributed by atoms with E-state index in [2.05, 4.69) is 15.3 Å². The number of carbonyl (C=O) groups is 2. The summed E-state index contributed by atoms with van der Waals surface area (Å²) in [6.07, 6.45) is 1.64. The SMILES string of the molecule is C[C@]1(c2ccc(F)c(Cl)c2F)CN(c2ccc(N)cn2)C(=O)c2cnc(NC3CN(C(=O)[C@@H]4C[C@@H]4F)C3)c(F)c21. The monoisotopic (exact) mass is 574 g/mol. The number of amides is 2. The predicted molar refractivity (Wildman–Crippen MR) is 139 cm³/mol. The summed E-state index contributed by atoms with van der Waals surface area (Å²) in [7, 11) is 0. The van der Waals surface area contributed by atoms with Gasteiger partial charge in [-0.25, -0.2) is 27.5 Å². The van der Waals surface area contributed by atoms with E-state index >= 15 is 8.78 Å². The van der Waals surface area contributed by atoms with E-state index in [1.165, 1.54) is 47.3 Å². The van der Waals surface area contributed by atoms with Crippen LogP contribution in [-0.4, -0.2) is 58.5 Å². The predicted octanol–water partition coefficient (Wildman–Crippen LogP) is 4.08. The number of halogens is 5. The normalized spacial score (nSPS) is 24.0. The molecule has 1 saturated heterocycles. The highest BCUT2D eigenvalue weighted by Gasteiger charge is 2.49. The topological polar surface area (TPSA) is 104 Å². The third-order valence-corrected chi connectivity index (χ3v) is 8.11. The lowest BCUT2D eigenvalue weighted by molar-refractivity contribution is -0.136. The third-order valence-electron chi connectivity index (χ3n) is 7.76. The molecule has 3 atom stereocenters. The van der Waals surface area contributed by atoms with Crippen LogP contribution in [0.4, 0.5) is 34.9 Å². The van der Waals surface area contributed by atoms with Gasteiger partial charge in [0.15, 0.2) is 11.6 Å². The minimum absolute atomic E-state index is 0.130. The molecule has 1 aliphatic carbocycles. The van der Waals surface area contributed by atoms with Crippen LogP contribution in [0.5, 0.6) is 0 Å². The van der Waals surface area contributed by atoms with Gasteiger partial charge in [-0.1, -0.05) is 17.7 Å². The molecule has 1 aromatic carbocycles. The Bertz CT molecular complexity index is 1550. The number of likely N-dealkylation sites (tertiary alicyclic amines) is 1. The number of aromatic nitrogens is 2. The van der Waals surface area contributed by atoms with Crippen molar-refractivity contribution in [2.75, 3.05) is 35.6 Å². The van der Waals surface area contributed by atoms with E-state index in [4.69, 9.17) is 17.3 Å². The highest BCUT2D eigenvalue weighted by molar-refractivity contribution is 6.31. The van der Waals surface area contributed by atoms with Gasteiger partial charge in [0.05, 0.1) is 29.4 Å². The number of benzene rings is 1. The van der Waals surface area contributed by atoms with Crippen LogP contribution in [0.25, 0.3) is 0 Å². The lowest BCUT2D eigenvalue weighted by Crippen LogP contribution is -2.58. The fourth-order valence-corrected chi connectivity index (χ4v) is 5.58. The fourth-order valence-electron chi connectivity index (χ4n) is 5.41. The molecule has 0 unspecified atom stereocenters. The summed E-state index contributed by atoms with van der Waals surface area (Å²) in [5, 5.41) is 2.18. The minimum atomic E-state index is -1.55. The maximum absolute atomic E-state index is 16.3. The number of hydrogen-bond donors (Lipinski definition) is 2. The summed E-state index contributed by atoms with van der Waals surface area (Å²) in [5.41, 5.74) is 4.12. The second-order valence-electron chi connectivity index (χ2n) is 10.5. The smallest absolute Gasteiger partial charge is 0.261 e. The van der Waals surface area contributed by atoms with Crippen molar-refractivity contribution < 1.29 is 27.2 Å². The van der Waals surface area contributed by atoms with Gasteiger partial charge in [0.2, 0.25) is 5.91 Å². The molecule has 6 rings (SSSR count). The molecule has 4 heterocycles. The van der Waals surface area contributed by atoms with Crippen LogP contribution < -0.4 is 16.0 Å². The Morgan fingerprint density at radius 3 is 2.50 bits per heavy atom. The first-order valence-electron chi connectivity index (χ1n) is 12.6. The number of nitrogens with two attached hydrogens (primary N) is 1. The van der Waals surface area contributed by atoms with Gasteiger partial charge in [0, 0.05) is 42.4 Å². The number of pyridine rings is 2. The van der Waals surface area contributed by atoms with Crippen molar-refractivity contribution in [2.24, 2.45) is 5.92 Å². The average molecular weight is 575 g/mol. The number of fused-ring (bicyclic) bond motifs is 1. The van der Waals surface area contributed by atoms with Crippen LogP contribution in [0.15, 0.2) is 36.7 Å². The summed E-state index contributed by atoms with van der Waals surface area (Å²) < 4.78 is 59.1.